The predicted octanol–water partition coefficient (Wildman–Crippen LogP) is 1.75. The number of rotatable bonds is 1. The van der Waals surface area contributed by atoms with Gasteiger partial charge in [-0.2, -0.15) is 0 Å². The van der Waals surface area contributed by atoms with E-state index in [9.17, 15) is 0 Å². The maximum atomic E-state index is 4.12. The zero-order valence-corrected chi connectivity index (χ0v) is 6.90. The van der Waals surface area contributed by atoms with E-state index in [0.29, 0.717) is 6.04 Å². The molecule has 62 valence electrons. The molecule has 1 heterocycles. The highest BCUT2D eigenvalue weighted by Crippen LogP contribution is 2.17. The second kappa shape index (κ2) is 3.39. The monoisotopic (exact) mass is 160 g/mol. The number of nitrogens with zero attached hydrogens (tertiary/aromatic N) is 1. The standard InChI is InChI=1S/C10H12N2/c1-2-4-9(5-3-1)10-6-7-11-8-12-10/h1-5,8,10H,6-7H2,(H,11,12)/t10-/m1/s1. The van der Waals surface area contributed by atoms with Crippen molar-refractivity contribution in [2.45, 2.75) is 12.5 Å². The Bertz CT molecular complexity index is 266. The van der Waals surface area contributed by atoms with Crippen LogP contribution in [0, 0.1) is 0 Å². The normalized spacial score (nSPS) is 21.8. The topological polar surface area (TPSA) is 24.4 Å². The number of nitrogens with one attached hydrogen (secondary N) is 1. The van der Waals surface area contributed by atoms with E-state index in [-0.39, 0.29) is 0 Å². The van der Waals surface area contributed by atoms with Gasteiger partial charge in [-0.05, 0) is 12.0 Å². The first-order valence-electron chi connectivity index (χ1n) is 4.26. The number of hydrogen-bond acceptors (Lipinski definition) is 2. The summed E-state index contributed by atoms with van der Waals surface area (Å²) in [6.07, 6.45) is 2.90. The highest BCUT2D eigenvalue weighted by atomic mass is 15.0. The molecule has 0 aliphatic carbocycles. The maximum Gasteiger partial charge on any atom is 0.0828 e. The highest BCUT2D eigenvalue weighted by molar-refractivity contribution is 5.56. The average molecular weight is 160 g/mol. The molecular weight excluding hydrogens is 148 g/mol. The fraction of sp³-hybridized carbons (Fsp3) is 0.300. The summed E-state index contributed by atoms with van der Waals surface area (Å²) in [5.74, 6) is 0. The predicted molar refractivity (Wildman–Crippen MR) is 50.3 cm³/mol. The van der Waals surface area contributed by atoms with Crippen molar-refractivity contribution in [3.05, 3.63) is 35.9 Å². The van der Waals surface area contributed by atoms with Crippen molar-refractivity contribution in [1.82, 2.24) is 5.32 Å². The molecule has 2 nitrogen and oxygen atoms in total. The van der Waals surface area contributed by atoms with Crippen molar-refractivity contribution >= 4 is 6.34 Å². The van der Waals surface area contributed by atoms with Gasteiger partial charge >= 0.3 is 0 Å². The third-order valence-corrected chi connectivity index (χ3v) is 2.12. The minimum atomic E-state index is 0.462. The van der Waals surface area contributed by atoms with Gasteiger partial charge in [0.25, 0.3) is 0 Å². The van der Waals surface area contributed by atoms with Crippen LogP contribution in [0.4, 0.5) is 0 Å². The summed E-state index contributed by atoms with van der Waals surface area (Å²) >= 11 is 0. The average Bonchev–Trinajstić information content (AvgIpc) is 2.21. The molecule has 0 amide bonds. The second-order valence-corrected chi connectivity index (χ2v) is 2.95. The molecule has 0 aromatic heterocycles. The maximum absolute atomic E-state index is 4.12. The van der Waals surface area contributed by atoms with E-state index in [1.807, 2.05) is 6.07 Å². The van der Waals surface area contributed by atoms with E-state index >= 15 is 0 Å². The van der Waals surface area contributed by atoms with Gasteiger partial charge in [-0.3, -0.25) is 4.99 Å². The third-order valence-electron chi connectivity index (χ3n) is 2.12. The Hall–Kier alpha value is -1.31. The second-order valence-electron chi connectivity index (χ2n) is 2.95. The van der Waals surface area contributed by atoms with Crippen LogP contribution in [-0.4, -0.2) is 12.9 Å². The van der Waals surface area contributed by atoms with Crippen LogP contribution in [-0.2, 0) is 0 Å². The van der Waals surface area contributed by atoms with Crippen molar-refractivity contribution in [2.75, 3.05) is 6.54 Å². The van der Waals surface area contributed by atoms with Crippen molar-refractivity contribution in [3.63, 3.8) is 0 Å². The van der Waals surface area contributed by atoms with E-state index in [4.69, 9.17) is 0 Å². The van der Waals surface area contributed by atoms with Gasteiger partial charge in [0.15, 0.2) is 0 Å². The molecule has 0 fully saturated rings. The molecule has 0 saturated carbocycles. The molecule has 1 N–H and O–H groups in total. The molecule has 1 aliphatic heterocycles. The summed E-state index contributed by atoms with van der Waals surface area (Å²) in [6.45, 7) is 0.937. The number of hydrogen-bond donors (Lipinski definition) is 1. The summed E-state index contributed by atoms with van der Waals surface area (Å²) in [5, 5.41) is 3.24. The van der Waals surface area contributed by atoms with E-state index in [2.05, 4.69) is 34.6 Å². The summed E-state index contributed by atoms with van der Waals surface area (Å²) in [6, 6.07) is 10.9. The largest absolute Gasteiger partial charge is 0.370 e. The minimum absolute atomic E-state index is 0.462. The van der Waals surface area contributed by atoms with Crippen molar-refractivity contribution in [1.29, 1.82) is 0 Å². The molecule has 0 bridgehead atoms. The molecule has 2 heteroatoms. The lowest BCUT2D eigenvalue weighted by Gasteiger charge is -2.19. The Kier molecular flexibility index (Phi) is 2.08. The Labute approximate surface area is 72.3 Å². The summed E-state index contributed by atoms with van der Waals surface area (Å²) in [7, 11) is 0. The minimum Gasteiger partial charge on any atom is -0.370 e. The van der Waals surface area contributed by atoms with Gasteiger partial charge in [0.1, 0.15) is 0 Å². The Morgan fingerprint density at radius 2 is 2.08 bits per heavy atom. The number of benzene rings is 1. The lowest BCUT2D eigenvalue weighted by molar-refractivity contribution is 0.582. The van der Waals surface area contributed by atoms with Gasteiger partial charge in [0.2, 0.25) is 0 Å². The van der Waals surface area contributed by atoms with E-state index in [1.165, 1.54) is 5.56 Å². The van der Waals surface area contributed by atoms with Crippen LogP contribution < -0.4 is 5.32 Å². The van der Waals surface area contributed by atoms with Crippen molar-refractivity contribution < 1.29 is 0 Å². The molecule has 1 aliphatic rings. The first-order valence-corrected chi connectivity index (χ1v) is 4.26. The van der Waals surface area contributed by atoms with Gasteiger partial charge < -0.3 is 5.32 Å². The van der Waals surface area contributed by atoms with Gasteiger partial charge in [-0.1, -0.05) is 30.3 Å². The van der Waals surface area contributed by atoms with Crippen LogP contribution in [0.1, 0.15) is 18.0 Å². The Balaban J connectivity index is 2.15. The molecule has 0 saturated heterocycles. The van der Waals surface area contributed by atoms with Crippen LogP contribution in [0.15, 0.2) is 35.3 Å². The molecule has 12 heavy (non-hydrogen) atoms. The lowest BCUT2D eigenvalue weighted by Crippen LogP contribution is -2.24. The Morgan fingerprint density at radius 1 is 1.25 bits per heavy atom. The van der Waals surface area contributed by atoms with E-state index < -0.39 is 0 Å². The van der Waals surface area contributed by atoms with Gasteiger partial charge in [0, 0.05) is 6.54 Å². The quantitative estimate of drug-likeness (QED) is 0.665. The fourth-order valence-corrected chi connectivity index (χ4v) is 1.44. The first-order chi connectivity index (χ1) is 5.97. The van der Waals surface area contributed by atoms with Gasteiger partial charge in [0.05, 0.1) is 12.4 Å². The molecule has 1 aromatic carbocycles. The molecule has 1 aromatic rings. The van der Waals surface area contributed by atoms with Crippen LogP contribution in [0.5, 0.6) is 0 Å². The molecule has 0 radical (unpaired) electrons. The van der Waals surface area contributed by atoms with Crippen LogP contribution in [0.25, 0.3) is 0 Å². The smallest absolute Gasteiger partial charge is 0.0828 e. The lowest BCUT2D eigenvalue weighted by atomic mass is 10.0. The van der Waals surface area contributed by atoms with Crippen LogP contribution in [0.2, 0.25) is 0 Å². The number of aliphatic imine (C=N–C) groups is 1. The zero-order chi connectivity index (χ0) is 8.23. The SMILES string of the molecule is C1=NCC[C@H](c2ccccc2)N1. The van der Waals surface area contributed by atoms with Crippen LogP contribution in [0.3, 0.4) is 0 Å². The highest BCUT2D eigenvalue weighted by Gasteiger charge is 2.10. The van der Waals surface area contributed by atoms with E-state index in [1.54, 1.807) is 6.34 Å². The molecular formula is C10H12N2. The van der Waals surface area contributed by atoms with Crippen molar-refractivity contribution in [2.24, 2.45) is 4.99 Å². The molecule has 0 unspecified atom stereocenters. The Morgan fingerprint density at radius 3 is 2.75 bits per heavy atom. The fourth-order valence-electron chi connectivity index (χ4n) is 1.44. The molecule has 2 rings (SSSR count). The molecule has 0 spiro atoms. The third kappa shape index (κ3) is 1.47. The van der Waals surface area contributed by atoms with Gasteiger partial charge in [-0.15, -0.1) is 0 Å². The first kappa shape index (κ1) is 7.35. The van der Waals surface area contributed by atoms with Crippen LogP contribution >= 0.6 is 0 Å². The van der Waals surface area contributed by atoms with Crippen molar-refractivity contribution in [3.8, 4) is 0 Å². The van der Waals surface area contributed by atoms with Gasteiger partial charge in [-0.25, -0.2) is 0 Å². The van der Waals surface area contributed by atoms with E-state index in [0.717, 1.165) is 13.0 Å². The zero-order valence-electron chi connectivity index (χ0n) is 6.90. The summed E-state index contributed by atoms with van der Waals surface area (Å²) in [5.41, 5.74) is 1.35. The molecule has 1 atom stereocenters. The summed E-state index contributed by atoms with van der Waals surface area (Å²) < 4.78 is 0. The summed E-state index contributed by atoms with van der Waals surface area (Å²) in [4.78, 5) is 4.12.